The summed E-state index contributed by atoms with van der Waals surface area (Å²) < 4.78 is 1.92. The first-order valence-corrected chi connectivity index (χ1v) is 6.47. The van der Waals surface area contributed by atoms with E-state index in [1.54, 1.807) is 12.1 Å². The van der Waals surface area contributed by atoms with E-state index in [9.17, 15) is 9.59 Å². The van der Waals surface area contributed by atoms with Crippen molar-refractivity contribution in [3.8, 4) is 0 Å². The highest BCUT2D eigenvalue weighted by molar-refractivity contribution is 6.34. The van der Waals surface area contributed by atoms with E-state index in [0.29, 0.717) is 22.6 Å². The highest BCUT2D eigenvalue weighted by atomic mass is 16.2. The molecule has 0 bridgehead atoms. The summed E-state index contributed by atoms with van der Waals surface area (Å²) >= 11 is 0. The Kier molecular flexibility index (Phi) is 3.06. The minimum atomic E-state index is -0.196. The maximum absolute atomic E-state index is 12.1. The van der Waals surface area contributed by atoms with Crippen LogP contribution in [-0.4, -0.2) is 21.4 Å². The van der Waals surface area contributed by atoms with Crippen LogP contribution in [0.1, 0.15) is 18.2 Å². The zero-order chi connectivity index (χ0) is 15.0. The Morgan fingerprint density at radius 1 is 1.48 bits per heavy atom. The Hall–Kier alpha value is -2.89. The molecule has 0 aliphatic carbocycles. The predicted molar refractivity (Wildman–Crippen MR) is 80.5 cm³/mol. The Morgan fingerprint density at radius 3 is 2.95 bits per heavy atom. The number of carbonyl (C=O) groups is 2. The van der Waals surface area contributed by atoms with Gasteiger partial charge in [-0.2, -0.15) is 0 Å². The highest BCUT2D eigenvalue weighted by Gasteiger charge is 2.26. The molecule has 2 aromatic heterocycles. The van der Waals surface area contributed by atoms with Crippen LogP contribution < -0.4 is 10.6 Å². The summed E-state index contributed by atoms with van der Waals surface area (Å²) in [5.74, 6) is 0.134. The molecule has 0 unspecified atom stereocenters. The molecule has 6 heteroatoms. The maximum Gasteiger partial charge on any atom is 0.257 e. The lowest BCUT2D eigenvalue weighted by molar-refractivity contribution is -0.114. The van der Waals surface area contributed by atoms with Gasteiger partial charge in [-0.05, 0) is 24.3 Å². The third kappa shape index (κ3) is 2.43. The third-order valence-corrected chi connectivity index (χ3v) is 3.25. The molecule has 0 fully saturated rings. The summed E-state index contributed by atoms with van der Waals surface area (Å²) in [6.45, 7) is 1.43. The van der Waals surface area contributed by atoms with Crippen molar-refractivity contribution in [2.75, 3.05) is 10.6 Å². The summed E-state index contributed by atoms with van der Waals surface area (Å²) in [6.07, 6.45) is 5.23. The van der Waals surface area contributed by atoms with Crippen molar-refractivity contribution in [2.24, 2.45) is 7.05 Å². The number of anilines is 2. The standard InChI is InChI=1S/C15H14N4O2/c1-9(20)17-10-6-12-13(7-11-4-3-5-19(11)2)15(21)18-14(12)16-8-10/h3-8H,1-2H3,(H,17,20)(H,16,18,21). The van der Waals surface area contributed by atoms with Gasteiger partial charge < -0.3 is 15.2 Å². The average Bonchev–Trinajstić information content (AvgIpc) is 2.95. The molecular formula is C15H14N4O2. The van der Waals surface area contributed by atoms with Crippen molar-refractivity contribution in [1.82, 2.24) is 9.55 Å². The summed E-state index contributed by atoms with van der Waals surface area (Å²) in [5.41, 5.74) is 2.70. The molecule has 0 radical (unpaired) electrons. The van der Waals surface area contributed by atoms with Crippen LogP contribution in [0.4, 0.5) is 11.5 Å². The van der Waals surface area contributed by atoms with Crippen LogP contribution in [0.25, 0.3) is 11.6 Å². The van der Waals surface area contributed by atoms with E-state index in [1.165, 1.54) is 13.1 Å². The second-order valence-corrected chi connectivity index (χ2v) is 4.86. The van der Waals surface area contributed by atoms with E-state index in [-0.39, 0.29) is 11.8 Å². The number of carbonyl (C=O) groups excluding carboxylic acids is 2. The number of hydrogen-bond acceptors (Lipinski definition) is 3. The second kappa shape index (κ2) is 4.90. The Labute approximate surface area is 121 Å². The summed E-state index contributed by atoms with van der Waals surface area (Å²) in [6, 6.07) is 5.58. The largest absolute Gasteiger partial charge is 0.351 e. The van der Waals surface area contributed by atoms with Crippen molar-refractivity contribution < 1.29 is 9.59 Å². The smallest absolute Gasteiger partial charge is 0.257 e. The van der Waals surface area contributed by atoms with Gasteiger partial charge in [0.05, 0.1) is 17.5 Å². The molecule has 106 valence electrons. The van der Waals surface area contributed by atoms with Crippen molar-refractivity contribution in [3.63, 3.8) is 0 Å². The highest BCUT2D eigenvalue weighted by Crippen LogP contribution is 2.33. The first-order chi connectivity index (χ1) is 10.0. The molecule has 0 saturated heterocycles. The normalized spacial score (nSPS) is 15.0. The van der Waals surface area contributed by atoms with Gasteiger partial charge >= 0.3 is 0 Å². The fourth-order valence-corrected chi connectivity index (χ4v) is 2.25. The number of rotatable bonds is 2. The van der Waals surface area contributed by atoms with Crippen molar-refractivity contribution in [3.05, 3.63) is 41.9 Å². The topological polar surface area (TPSA) is 76.0 Å². The van der Waals surface area contributed by atoms with Gasteiger partial charge in [-0.25, -0.2) is 4.98 Å². The van der Waals surface area contributed by atoms with Crippen LogP contribution in [0.2, 0.25) is 0 Å². The number of nitrogens with zero attached hydrogens (tertiary/aromatic N) is 2. The van der Waals surface area contributed by atoms with Gasteiger partial charge in [0.1, 0.15) is 5.82 Å². The lowest BCUT2D eigenvalue weighted by Crippen LogP contribution is -2.06. The van der Waals surface area contributed by atoms with E-state index in [2.05, 4.69) is 15.6 Å². The monoisotopic (exact) mass is 282 g/mol. The van der Waals surface area contributed by atoms with Crippen LogP contribution in [0.3, 0.4) is 0 Å². The molecule has 0 spiro atoms. The number of amides is 2. The molecule has 3 heterocycles. The minimum Gasteiger partial charge on any atom is -0.351 e. The van der Waals surface area contributed by atoms with Gasteiger partial charge in [0.15, 0.2) is 0 Å². The van der Waals surface area contributed by atoms with Gasteiger partial charge in [-0.1, -0.05) is 0 Å². The van der Waals surface area contributed by atoms with Crippen molar-refractivity contribution in [1.29, 1.82) is 0 Å². The van der Waals surface area contributed by atoms with E-state index in [1.807, 2.05) is 29.9 Å². The molecule has 1 aliphatic rings. The van der Waals surface area contributed by atoms with Crippen LogP contribution in [-0.2, 0) is 16.6 Å². The van der Waals surface area contributed by atoms with Crippen LogP contribution in [0, 0.1) is 0 Å². The molecule has 3 rings (SSSR count). The van der Waals surface area contributed by atoms with Crippen molar-refractivity contribution >= 4 is 35.0 Å². The quantitative estimate of drug-likeness (QED) is 0.826. The lowest BCUT2D eigenvalue weighted by atomic mass is 10.1. The first-order valence-electron chi connectivity index (χ1n) is 6.47. The number of pyridine rings is 1. The summed E-state index contributed by atoms with van der Waals surface area (Å²) in [5, 5.41) is 5.39. The zero-order valence-electron chi connectivity index (χ0n) is 11.7. The molecule has 21 heavy (non-hydrogen) atoms. The number of aryl methyl sites for hydroxylation is 1. The number of fused-ring (bicyclic) bond motifs is 1. The Bertz CT molecular complexity index is 774. The number of aromatic nitrogens is 2. The SMILES string of the molecule is CC(=O)Nc1cnc2c(c1)C(=Cc1cccn1C)C(=O)N2. The average molecular weight is 282 g/mol. The fourth-order valence-electron chi connectivity index (χ4n) is 2.25. The first kappa shape index (κ1) is 13.1. The van der Waals surface area contributed by atoms with Gasteiger partial charge in [0.2, 0.25) is 5.91 Å². The van der Waals surface area contributed by atoms with Gasteiger partial charge in [-0.3, -0.25) is 9.59 Å². The van der Waals surface area contributed by atoms with Gasteiger partial charge in [0.25, 0.3) is 5.91 Å². The van der Waals surface area contributed by atoms with Crippen molar-refractivity contribution in [2.45, 2.75) is 6.92 Å². The Balaban J connectivity index is 2.05. The van der Waals surface area contributed by atoms with Crippen LogP contribution >= 0.6 is 0 Å². The summed E-state index contributed by atoms with van der Waals surface area (Å²) in [7, 11) is 1.91. The molecule has 0 saturated carbocycles. The molecule has 2 N–H and O–H groups in total. The van der Waals surface area contributed by atoms with Crippen LogP contribution in [0.15, 0.2) is 30.6 Å². The Morgan fingerprint density at radius 2 is 2.29 bits per heavy atom. The molecule has 2 amide bonds. The van der Waals surface area contributed by atoms with E-state index < -0.39 is 0 Å². The zero-order valence-corrected chi connectivity index (χ0v) is 11.7. The second-order valence-electron chi connectivity index (χ2n) is 4.86. The third-order valence-electron chi connectivity index (χ3n) is 3.25. The number of nitrogens with one attached hydrogen (secondary N) is 2. The van der Waals surface area contributed by atoms with Crippen LogP contribution in [0.5, 0.6) is 0 Å². The number of hydrogen-bond donors (Lipinski definition) is 2. The van der Waals surface area contributed by atoms with Gasteiger partial charge in [-0.15, -0.1) is 0 Å². The molecular weight excluding hydrogens is 268 g/mol. The molecule has 2 aromatic rings. The molecule has 1 aliphatic heterocycles. The predicted octanol–water partition coefficient (Wildman–Crippen LogP) is 1.87. The minimum absolute atomic E-state index is 0.179. The maximum atomic E-state index is 12.1. The fraction of sp³-hybridized carbons (Fsp3) is 0.133. The van der Waals surface area contributed by atoms with E-state index in [4.69, 9.17) is 0 Å². The summed E-state index contributed by atoms with van der Waals surface area (Å²) in [4.78, 5) is 27.4. The van der Waals surface area contributed by atoms with E-state index >= 15 is 0 Å². The van der Waals surface area contributed by atoms with Gasteiger partial charge in [0, 0.05) is 31.4 Å². The molecule has 0 atom stereocenters. The lowest BCUT2D eigenvalue weighted by Gasteiger charge is -2.04. The van der Waals surface area contributed by atoms with E-state index in [0.717, 1.165) is 5.69 Å². The molecule has 0 aromatic carbocycles. The molecule has 6 nitrogen and oxygen atoms in total.